The zero-order chi connectivity index (χ0) is 21.3. The predicted molar refractivity (Wildman–Crippen MR) is 121 cm³/mol. The Labute approximate surface area is 178 Å². The molecule has 3 aromatic rings. The third kappa shape index (κ3) is 3.84. The van der Waals surface area contributed by atoms with E-state index in [4.69, 9.17) is 0 Å². The van der Waals surface area contributed by atoms with Crippen molar-refractivity contribution in [2.24, 2.45) is 0 Å². The van der Waals surface area contributed by atoms with Crippen LogP contribution in [0.15, 0.2) is 48.5 Å². The summed E-state index contributed by atoms with van der Waals surface area (Å²) in [6, 6.07) is 16.5. The molecule has 0 bridgehead atoms. The minimum absolute atomic E-state index is 0.189. The molecule has 2 heterocycles. The van der Waals surface area contributed by atoms with Gasteiger partial charge in [-0.15, -0.1) is 0 Å². The van der Waals surface area contributed by atoms with Gasteiger partial charge in [0.1, 0.15) is 0 Å². The van der Waals surface area contributed by atoms with Gasteiger partial charge < -0.3 is 9.80 Å². The van der Waals surface area contributed by atoms with E-state index in [1.807, 2.05) is 53.8 Å². The van der Waals surface area contributed by atoms with Gasteiger partial charge in [0.2, 0.25) is 5.91 Å². The summed E-state index contributed by atoms with van der Waals surface area (Å²) in [4.78, 5) is 17.5. The molecule has 2 aromatic carbocycles. The lowest BCUT2D eigenvalue weighted by molar-refractivity contribution is -0.130. The number of carbonyl (C=O) groups is 1. The van der Waals surface area contributed by atoms with E-state index in [1.165, 1.54) is 16.8 Å². The van der Waals surface area contributed by atoms with Gasteiger partial charge in [-0.3, -0.25) is 4.79 Å². The molecule has 0 atom stereocenters. The SMILES string of the molecule is Cc1cccc(N2CCN(C(=O)Cc3c(C)nn(-c4ccccc4)c3C)CC2)c1C. The van der Waals surface area contributed by atoms with Crippen LogP contribution in [-0.4, -0.2) is 46.8 Å². The van der Waals surface area contributed by atoms with Gasteiger partial charge in [-0.1, -0.05) is 30.3 Å². The largest absolute Gasteiger partial charge is 0.368 e. The number of rotatable bonds is 4. The number of piperazine rings is 1. The number of amides is 1. The van der Waals surface area contributed by atoms with E-state index in [0.29, 0.717) is 6.42 Å². The molecular formula is C25H30N4O. The third-order valence-electron chi connectivity index (χ3n) is 6.32. The van der Waals surface area contributed by atoms with Crippen molar-refractivity contribution in [3.8, 4) is 5.69 Å². The summed E-state index contributed by atoms with van der Waals surface area (Å²) in [5, 5.41) is 4.69. The van der Waals surface area contributed by atoms with Crippen LogP contribution in [0.25, 0.3) is 5.69 Å². The predicted octanol–water partition coefficient (Wildman–Crippen LogP) is 4.00. The zero-order valence-corrected chi connectivity index (χ0v) is 18.4. The van der Waals surface area contributed by atoms with Crippen molar-refractivity contribution in [1.82, 2.24) is 14.7 Å². The number of hydrogen-bond acceptors (Lipinski definition) is 3. The van der Waals surface area contributed by atoms with Crippen molar-refractivity contribution in [1.29, 1.82) is 0 Å². The van der Waals surface area contributed by atoms with Crippen molar-refractivity contribution in [2.45, 2.75) is 34.1 Å². The molecule has 1 aliphatic heterocycles. The zero-order valence-electron chi connectivity index (χ0n) is 18.4. The lowest BCUT2D eigenvalue weighted by Gasteiger charge is -2.37. The fourth-order valence-corrected chi connectivity index (χ4v) is 4.29. The Morgan fingerprint density at radius 3 is 2.30 bits per heavy atom. The van der Waals surface area contributed by atoms with Crippen LogP contribution in [0, 0.1) is 27.7 Å². The topological polar surface area (TPSA) is 41.4 Å². The summed E-state index contributed by atoms with van der Waals surface area (Å²) >= 11 is 0. The summed E-state index contributed by atoms with van der Waals surface area (Å²) in [6.45, 7) is 11.6. The molecule has 0 spiro atoms. The number of anilines is 1. The van der Waals surface area contributed by atoms with Crippen LogP contribution in [0.4, 0.5) is 5.69 Å². The monoisotopic (exact) mass is 402 g/mol. The maximum absolute atomic E-state index is 13.1. The Morgan fingerprint density at radius 2 is 1.60 bits per heavy atom. The average Bonchev–Trinajstić information content (AvgIpc) is 3.04. The van der Waals surface area contributed by atoms with Gasteiger partial charge in [-0.2, -0.15) is 5.10 Å². The normalized spacial score (nSPS) is 14.3. The summed E-state index contributed by atoms with van der Waals surface area (Å²) in [5.74, 6) is 0.189. The first-order valence-corrected chi connectivity index (χ1v) is 10.6. The van der Waals surface area contributed by atoms with E-state index >= 15 is 0 Å². The third-order valence-corrected chi connectivity index (χ3v) is 6.32. The molecule has 30 heavy (non-hydrogen) atoms. The van der Waals surface area contributed by atoms with Crippen LogP contribution in [-0.2, 0) is 11.2 Å². The average molecular weight is 403 g/mol. The molecule has 5 nitrogen and oxygen atoms in total. The second-order valence-corrected chi connectivity index (χ2v) is 8.16. The molecule has 1 aliphatic rings. The fraction of sp³-hybridized carbons (Fsp3) is 0.360. The summed E-state index contributed by atoms with van der Waals surface area (Å²) in [7, 11) is 0. The lowest BCUT2D eigenvalue weighted by Crippen LogP contribution is -2.49. The first-order valence-electron chi connectivity index (χ1n) is 10.6. The van der Waals surface area contributed by atoms with E-state index < -0.39 is 0 Å². The molecule has 1 saturated heterocycles. The minimum Gasteiger partial charge on any atom is -0.368 e. The van der Waals surface area contributed by atoms with Gasteiger partial charge in [0.05, 0.1) is 17.8 Å². The van der Waals surface area contributed by atoms with Crippen LogP contribution < -0.4 is 4.90 Å². The molecule has 0 saturated carbocycles. The molecule has 1 aromatic heterocycles. The van der Waals surface area contributed by atoms with Crippen LogP contribution in [0.2, 0.25) is 0 Å². The Balaban J connectivity index is 1.43. The molecule has 0 aliphatic carbocycles. The molecule has 1 amide bonds. The highest BCUT2D eigenvalue weighted by Crippen LogP contribution is 2.24. The van der Waals surface area contributed by atoms with Crippen LogP contribution in [0.5, 0.6) is 0 Å². The van der Waals surface area contributed by atoms with E-state index in [1.54, 1.807) is 0 Å². The first-order chi connectivity index (χ1) is 14.5. The van der Waals surface area contributed by atoms with Crippen LogP contribution in [0.1, 0.15) is 28.1 Å². The van der Waals surface area contributed by atoms with Crippen molar-refractivity contribution in [2.75, 3.05) is 31.1 Å². The maximum atomic E-state index is 13.1. The summed E-state index contributed by atoms with van der Waals surface area (Å²) in [6.07, 6.45) is 0.411. The number of carbonyl (C=O) groups excluding carboxylic acids is 1. The quantitative estimate of drug-likeness (QED) is 0.662. The van der Waals surface area contributed by atoms with Gasteiger partial charge in [0.25, 0.3) is 0 Å². The molecule has 156 valence electrons. The van der Waals surface area contributed by atoms with Crippen molar-refractivity contribution in [3.05, 3.63) is 76.6 Å². The first kappa shape index (κ1) is 20.2. The molecule has 4 rings (SSSR count). The highest BCUT2D eigenvalue weighted by Gasteiger charge is 2.24. The van der Waals surface area contributed by atoms with Gasteiger partial charge in [-0.25, -0.2) is 4.68 Å². The van der Waals surface area contributed by atoms with Crippen LogP contribution in [0.3, 0.4) is 0 Å². The lowest BCUT2D eigenvalue weighted by atomic mass is 10.1. The Kier molecular flexibility index (Phi) is 5.62. The molecular weight excluding hydrogens is 372 g/mol. The summed E-state index contributed by atoms with van der Waals surface area (Å²) in [5.41, 5.74) is 7.97. The molecule has 1 fully saturated rings. The molecule has 0 radical (unpaired) electrons. The Hall–Kier alpha value is -3.08. The highest BCUT2D eigenvalue weighted by molar-refractivity contribution is 5.79. The van der Waals surface area contributed by atoms with Crippen molar-refractivity contribution >= 4 is 11.6 Å². The maximum Gasteiger partial charge on any atom is 0.227 e. The van der Waals surface area contributed by atoms with Gasteiger partial charge >= 0.3 is 0 Å². The van der Waals surface area contributed by atoms with Crippen molar-refractivity contribution in [3.63, 3.8) is 0 Å². The van der Waals surface area contributed by atoms with Crippen molar-refractivity contribution < 1.29 is 4.79 Å². The standard InChI is InChI=1S/C25H30N4O/c1-18-9-8-12-24(19(18)2)27-13-15-28(16-14-27)25(30)17-23-20(3)26-29(21(23)4)22-10-6-5-7-11-22/h5-12H,13-17H2,1-4H3. The van der Waals surface area contributed by atoms with Crippen LogP contribution >= 0.6 is 0 Å². The fourth-order valence-electron chi connectivity index (χ4n) is 4.29. The minimum atomic E-state index is 0.189. The number of aryl methyl sites for hydroxylation is 2. The second-order valence-electron chi connectivity index (χ2n) is 8.16. The number of benzene rings is 2. The number of para-hydroxylation sites is 1. The number of aromatic nitrogens is 2. The van der Waals surface area contributed by atoms with Gasteiger partial charge in [-0.05, 0) is 57.0 Å². The molecule has 0 N–H and O–H groups in total. The number of hydrogen-bond donors (Lipinski definition) is 0. The summed E-state index contributed by atoms with van der Waals surface area (Å²) < 4.78 is 1.94. The van der Waals surface area contributed by atoms with E-state index in [2.05, 4.69) is 42.0 Å². The molecule has 0 unspecified atom stereocenters. The van der Waals surface area contributed by atoms with Gasteiger partial charge in [0.15, 0.2) is 0 Å². The van der Waals surface area contributed by atoms with E-state index in [-0.39, 0.29) is 5.91 Å². The Morgan fingerprint density at radius 1 is 0.900 bits per heavy atom. The number of nitrogens with zero attached hydrogens (tertiary/aromatic N) is 4. The Bertz CT molecular complexity index is 1050. The molecule has 5 heteroatoms. The smallest absolute Gasteiger partial charge is 0.227 e. The highest BCUT2D eigenvalue weighted by atomic mass is 16.2. The van der Waals surface area contributed by atoms with E-state index in [0.717, 1.165) is 48.8 Å². The van der Waals surface area contributed by atoms with E-state index in [9.17, 15) is 4.79 Å². The second kappa shape index (κ2) is 8.34. The van der Waals surface area contributed by atoms with Gasteiger partial charge in [0, 0.05) is 43.1 Å².